The first-order chi connectivity index (χ1) is 8.25. The first kappa shape index (κ1) is 12.1. The minimum atomic E-state index is -0.0525. The van der Waals surface area contributed by atoms with Crippen molar-refractivity contribution in [3.63, 3.8) is 0 Å². The van der Waals surface area contributed by atoms with E-state index in [2.05, 4.69) is 20.4 Å². The van der Waals surface area contributed by atoms with E-state index in [1.807, 2.05) is 6.92 Å². The lowest BCUT2D eigenvalue weighted by Gasteiger charge is -2.29. The third-order valence-corrected chi connectivity index (χ3v) is 3.12. The number of piperidine rings is 1. The first-order valence-electron chi connectivity index (χ1n) is 6.27. The zero-order chi connectivity index (χ0) is 12.1. The van der Waals surface area contributed by atoms with Gasteiger partial charge in [0, 0.05) is 18.8 Å². The fourth-order valence-electron chi connectivity index (χ4n) is 2.26. The van der Waals surface area contributed by atoms with Gasteiger partial charge in [-0.05, 0) is 32.9 Å². The molecule has 2 heterocycles. The summed E-state index contributed by atoms with van der Waals surface area (Å²) < 4.78 is 0. The van der Waals surface area contributed by atoms with Gasteiger partial charge < -0.3 is 10.2 Å². The van der Waals surface area contributed by atoms with Crippen molar-refractivity contribution in [1.82, 2.24) is 20.4 Å². The minimum Gasteiger partial charge on any atom is -0.348 e. The van der Waals surface area contributed by atoms with Crippen LogP contribution in [0.3, 0.4) is 0 Å². The highest BCUT2D eigenvalue weighted by Gasteiger charge is 2.15. The van der Waals surface area contributed by atoms with Crippen LogP contribution in [0.5, 0.6) is 0 Å². The predicted octanol–water partition coefficient (Wildman–Crippen LogP) is 1.01. The smallest absolute Gasteiger partial charge is 0.254 e. The number of aromatic amines is 1. The molecule has 1 aliphatic rings. The summed E-state index contributed by atoms with van der Waals surface area (Å²) in [6, 6.07) is 0.176. The van der Waals surface area contributed by atoms with Crippen LogP contribution in [-0.2, 0) is 0 Å². The maximum atomic E-state index is 11.8. The molecule has 17 heavy (non-hydrogen) atoms. The molecule has 1 aromatic rings. The summed E-state index contributed by atoms with van der Waals surface area (Å²) in [5, 5.41) is 9.40. The van der Waals surface area contributed by atoms with Gasteiger partial charge in [0.2, 0.25) is 0 Å². The van der Waals surface area contributed by atoms with Gasteiger partial charge in [-0.2, -0.15) is 5.10 Å². The molecule has 1 unspecified atom stereocenters. The quantitative estimate of drug-likeness (QED) is 0.820. The molecule has 0 spiro atoms. The van der Waals surface area contributed by atoms with E-state index in [0.717, 1.165) is 19.6 Å². The topological polar surface area (TPSA) is 61.0 Å². The fraction of sp³-hybridized carbons (Fsp3) is 0.667. The highest BCUT2D eigenvalue weighted by molar-refractivity contribution is 5.93. The lowest BCUT2D eigenvalue weighted by Crippen LogP contribution is -2.43. The van der Waals surface area contributed by atoms with Crippen molar-refractivity contribution in [2.75, 3.05) is 19.6 Å². The fourth-order valence-corrected chi connectivity index (χ4v) is 2.26. The van der Waals surface area contributed by atoms with Gasteiger partial charge in [-0.3, -0.25) is 9.89 Å². The number of nitrogens with one attached hydrogen (secondary N) is 2. The van der Waals surface area contributed by atoms with E-state index < -0.39 is 0 Å². The summed E-state index contributed by atoms with van der Waals surface area (Å²) in [5.41, 5.74) is 0.593. The van der Waals surface area contributed by atoms with Gasteiger partial charge in [-0.25, -0.2) is 0 Å². The number of carbonyl (C=O) groups is 1. The average Bonchev–Trinajstić information content (AvgIpc) is 2.83. The van der Waals surface area contributed by atoms with Gasteiger partial charge in [0.1, 0.15) is 0 Å². The van der Waals surface area contributed by atoms with Gasteiger partial charge in [0.25, 0.3) is 5.91 Å². The predicted molar refractivity (Wildman–Crippen MR) is 65.8 cm³/mol. The Morgan fingerprint density at radius 1 is 1.53 bits per heavy atom. The molecule has 5 heteroatoms. The molecule has 2 N–H and O–H groups in total. The number of likely N-dealkylation sites (tertiary alicyclic amines) is 1. The summed E-state index contributed by atoms with van der Waals surface area (Å²) in [6.07, 6.45) is 7.06. The van der Waals surface area contributed by atoms with E-state index in [-0.39, 0.29) is 11.9 Å². The second-order valence-electron chi connectivity index (χ2n) is 4.72. The number of amides is 1. The molecular weight excluding hydrogens is 216 g/mol. The SMILES string of the molecule is CC(CN1CCCCC1)NC(=O)c1cn[nH]c1. The van der Waals surface area contributed by atoms with Gasteiger partial charge in [0.15, 0.2) is 0 Å². The van der Waals surface area contributed by atoms with E-state index in [1.165, 1.54) is 19.3 Å². The van der Waals surface area contributed by atoms with Crippen LogP contribution in [-0.4, -0.2) is 46.7 Å². The van der Waals surface area contributed by atoms with Gasteiger partial charge >= 0.3 is 0 Å². The Hall–Kier alpha value is -1.36. The summed E-state index contributed by atoms with van der Waals surface area (Å²) in [6.45, 7) is 5.30. The van der Waals surface area contributed by atoms with Crippen LogP contribution in [0.15, 0.2) is 12.4 Å². The molecule has 0 bridgehead atoms. The Labute approximate surface area is 102 Å². The second-order valence-corrected chi connectivity index (χ2v) is 4.72. The molecule has 1 fully saturated rings. The number of rotatable bonds is 4. The Kier molecular flexibility index (Phi) is 4.14. The van der Waals surface area contributed by atoms with E-state index in [9.17, 15) is 4.79 Å². The van der Waals surface area contributed by atoms with Crippen molar-refractivity contribution in [2.45, 2.75) is 32.2 Å². The third kappa shape index (κ3) is 3.56. The number of aromatic nitrogens is 2. The molecule has 94 valence electrons. The molecule has 2 rings (SSSR count). The summed E-state index contributed by atoms with van der Waals surface area (Å²) >= 11 is 0. The highest BCUT2D eigenvalue weighted by atomic mass is 16.1. The lowest BCUT2D eigenvalue weighted by molar-refractivity contribution is 0.0925. The van der Waals surface area contributed by atoms with Crippen molar-refractivity contribution in [2.24, 2.45) is 0 Å². The molecular formula is C12H20N4O. The van der Waals surface area contributed by atoms with E-state index in [0.29, 0.717) is 5.56 Å². The minimum absolute atomic E-state index is 0.0525. The van der Waals surface area contributed by atoms with Crippen LogP contribution in [0.1, 0.15) is 36.5 Å². The van der Waals surface area contributed by atoms with Crippen LogP contribution in [0, 0.1) is 0 Å². The van der Waals surface area contributed by atoms with Gasteiger partial charge in [-0.15, -0.1) is 0 Å². The lowest BCUT2D eigenvalue weighted by atomic mass is 10.1. The number of carbonyl (C=O) groups excluding carboxylic acids is 1. The molecule has 1 aliphatic heterocycles. The van der Waals surface area contributed by atoms with E-state index >= 15 is 0 Å². The molecule has 1 aromatic heterocycles. The normalized spacial score (nSPS) is 18.9. The standard InChI is InChI=1S/C12H20N4O/c1-10(9-16-5-3-2-4-6-16)15-12(17)11-7-13-14-8-11/h7-8,10H,2-6,9H2,1H3,(H,13,14)(H,15,17). The molecule has 0 aromatic carbocycles. The number of hydrogen-bond acceptors (Lipinski definition) is 3. The van der Waals surface area contributed by atoms with Gasteiger partial charge in [0.05, 0.1) is 11.8 Å². The van der Waals surface area contributed by atoms with Crippen LogP contribution >= 0.6 is 0 Å². The molecule has 0 saturated carbocycles. The zero-order valence-electron chi connectivity index (χ0n) is 10.3. The third-order valence-electron chi connectivity index (χ3n) is 3.12. The van der Waals surface area contributed by atoms with Crippen molar-refractivity contribution in [1.29, 1.82) is 0 Å². The maximum Gasteiger partial charge on any atom is 0.254 e. The summed E-state index contributed by atoms with van der Waals surface area (Å²) in [5.74, 6) is -0.0525. The molecule has 1 amide bonds. The summed E-state index contributed by atoms with van der Waals surface area (Å²) in [4.78, 5) is 14.2. The zero-order valence-corrected chi connectivity index (χ0v) is 10.3. The van der Waals surface area contributed by atoms with Crippen LogP contribution in [0.4, 0.5) is 0 Å². The monoisotopic (exact) mass is 236 g/mol. The number of H-pyrrole nitrogens is 1. The second kappa shape index (κ2) is 5.82. The van der Waals surface area contributed by atoms with E-state index in [1.54, 1.807) is 12.4 Å². The van der Waals surface area contributed by atoms with Crippen LogP contribution < -0.4 is 5.32 Å². The van der Waals surface area contributed by atoms with Crippen molar-refractivity contribution in [3.8, 4) is 0 Å². The maximum absolute atomic E-state index is 11.8. The Bertz CT molecular complexity index is 343. The molecule has 1 saturated heterocycles. The molecule has 5 nitrogen and oxygen atoms in total. The van der Waals surface area contributed by atoms with Crippen molar-refractivity contribution in [3.05, 3.63) is 18.0 Å². The van der Waals surface area contributed by atoms with Crippen LogP contribution in [0.2, 0.25) is 0 Å². The Morgan fingerprint density at radius 2 is 2.29 bits per heavy atom. The van der Waals surface area contributed by atoms with Crippen molar-refractivity contribution < 1.29 is 4.79 Å². The molecule has 1 atom stereocenters. The molecule has 0 radical (unpaired) electrons. The van der Waals surface area contributed by atoms with E-state index in [4.69, 9.17) is 0 Å². The number of nitrogens with zero attached hydrogens (tertiary/aromatic N) is 2. The summed E-state index contributed by atoms with van der Waals surface area (Å²) in [7, 11) is 0. The first-order valence-corrected chi connectivity index (χ1v) is 6.27. The Morgan fingerprint density at radius 3 is 2.94 bits per heavy atom. The van der Waals surface area contributed by atoms with Crippen molar-refractivity contribution >= 4 is 5.91 Å². The highest BCUT2D eigenvalue weighted by Crippen LogP contribution is 2.08. The van der Waals surface area contributed by atoms with Crippen LogP contribution in [0.25, 0.3) is 0 Å². The Balaban J connectivity index is 1.76. The average molecular weight is 236 g/mol. The molecule has 0 aliphatic carbocycles. The number of hydrogen-bond donors (Lipinski definition) is 2. The van der Waals surface area contributed by atoms with Gasteiger partial charge in [-0.1, -0.05) is 6.42 Å². The largest absolute Gasteiger partial charge is 0.348 e.